The number of nitrogens with zero attached hydrogens (tertiary/aromatic N) is 3. The Morgan fingerprint density at radius 1 is 1.35 bits per heavy atom. The number of aryl methyl sites for hydroxylation is 1. The molecule has 9 nitrogen and oxygen atoms in total. The Kier molecular flexibility index (Phi) is 6.93. The molecule has 1 saturated heterocycles. The van der Waals surface area contributed by atoms with Crippen molar-refractivity contribution in [2.75, 3.05) is 48.1 Å². The Balaban J connectivity index is 0.000000185. The number of carbonyl (C=O) groups is 1. The fraction of sp³-hybridized carbons (Fsp3) is 0.333. The molecule has 1 unspecified atom stereocenters. The van der Waals surface area contributed by atoms with Crippen LogP contribution in [0.25, 0.3) is 5.65 Å². The molecule has 4 rings (SSSR count). The maximum Gasteiger partial charge on any atom is 0.173 e. The lowest BCUT2D eigenvalue weighted by Gasteiger charge is -2.35. The number of carbonyl (C=O) groups excluding carboxylic acids is 1. The van der Waals surface area contributed by atoms with Crippen LogP contribution in [0.1, 0.15) is 23.0 Å². The van der Waals surface area contributed by atoms with Gasteiger partial charge < -0.3 is 31.1 Å². The largest absolute Gasteiger partial charge is 0.396 e. The second-order valence-electron chi connectivity index (χ2n) is 7.47. The number of nitrogens with two attached hydrogens (primary N) is 2. The van der Waals surface area contributed by atoms with Gasteiger partial charge in [-0.15, -0.1) is 0 Å². The summed E-state index contributed by atoms with van der Waals surface area (Å²) in [7, 11) is 1.75. The fourth-order valence-electron chi connectivity index (χ4n) is 3.61. The van der Waals surface area contributed by atoms with E-state index >= 15 is 0 Å². The topological polar surface area (TPSA) is 126 Å². The number of piperazine rings is 1. The van der Waals surface area contributed by atoms with E-state index in [2.05, 4.69) is 32.9 Å². The van der Waals surface area contributed by atoms with Gasteiger partial charge in [0.25, 0.3) is 0 Å². The van der Waals surface area contributed by atoms with Crippen molar-refractivity contribution in [1.82, 2.24) is 14.7 Å². The maximum absolute atomic E-state index is 13.3. The molecule has 0 radical (unpaired) electrons. The summed E-state index contributed by atoms with van der Waals surface area (Å²) in [4.78, 5) is 17.1. The van der Waals surface area contributed by atoms with Crippen molar-refractivity contribution in [3.05, 3.63) is 47.7 Å². The highest BCUT2D eigenvalue weighted by molar-refractivity contribution is 5.94. The van der Waals surface area contributed by atoms with Gasteiger partial charge in [0, 0.05) is 56.7 Å². The van der Waals surface area contributed by atoms with Gasteiger partial charge in [0.2, 0.25) is 0 Å². The Labute approximate surface area is 180 Å². The third kappa shape index (κ3) is 4.86. The molecule has 1 aromatic carbocycles. The Morgan fingerprint density at radius 2 is 2.13 bits per heavy atom. The molecule has 0 amide bonds. The lowest BCUT2D eigenvalue weighted by Crippen LogP contribution is -2.49. The van der Waals surface area contributed by atoms with Crippen LogP contribution in [0.4, 0.5) is 27.1 Å². The molecule has 1 aliphatic rings. The third-order valence-corrected chi connectivity index (χ3v) is 5.15. The monoisotopic (exact) mass is 428 g/mol. The van der Waals surface area contributed by atoms with Gasteiger partial charge in [-0.05, 0) is 26.0 Å². The maximum atomic E-state index is 13.3. The summed E-state index contributed by atoms with van der Waals surface area (Å²) in [5.41, 5.74) is 12.9. The Hall–Kier alpha value is -3.37. The van der Waals surface area contributed by atoms with Gasteiger partial charge >= 0.3 is 0 Å². The normalized spacial score (nSPS) is 15.9. The fourth-order valence-corrected chi connectivity index (χ4v) is 3.61. The molecule has 0 bridgehead atoms. The minimum atomic E-state index is -0.306. The average molecular weight is 429 g/mol. The highest BCUT2D eigenvalue weighted by Gasteiger charge is 2.20. The molecule has 0 spiro atoms. The quantitative estimate of drug-likeness (QED) is 0.185. The first kappa shape index (κ1) is 22.3. The Morgan fingerprint density at radius 3 is 2.77 bits per heavy atom. The lowest BCUT2D eigenvalue weighted by molar-refractivity contribution is 0.112. The average Bonchev–Trinajstić information content (AvgIpc) is 3.14. The number of nitrogens with one attached hydrogen (secondary N) is 3. The molecule has 1 fully saturated rings. The number of halogens is 1. The molecule has 0 saturated carbocycles. The molecule has 31 heavy (non-hydrogen) atoms. The summed E-state index contributed by atoms with van der Waals surface area (Å²) in [5, 5.41) is 6.26. The number of nitrogen functional groups attached to an aromatic ring is 2. The zero-order valence-electron chi connectivity index (χ0n) is 17.9. The molecule has 3 heterocycles. The van der Waals surface area contributed by atoms with Crippen LogP contribution in [0.15, 0.2) is 30.6 Å². The van der Waals surface area contributed by atoms with E-state index in [1.807, 2.05) is 13.0 Å². The van der Waals surface area contributed by atoms with Crippen molar-refractivity contribution < 1.29 is 9.18 Å². The van der Waals surface area contributed by atoms with E-state index in [1.54, 1.807) is 29.9 Å². The van der Waals surface area contributed by atoms with Crippen LogP contribution in [-0.4, -0.2) is 48.4 Å². The number of pyridine rings is 1. The van der Waals surface area contributed by atoms with Crippen LogP contribution in [0, 0.1) is 12.7 Å². The highest BCUT2D eigenvalue weighted by atomic mass is 19.1. The number of anilines is 4. The summed E-state index contributed by atoms with van der Waals surface area (Å²) in [6.45, 7) is 6.66. The second kappa shape index (κ2) is 9.63. The van der Waals surface area contributed by atoms with Gasteiger partial charge in [0.05, 0.1) is 28.4 Å². The molecule has 2 aromatic heterocycles. The number of hydrogen-bond donors (Lipinski definition) is 5. The number of benzene rings is 1. The zero-order valence-corrected chi connectivity index (χ0v) is 17.9. The highest BCUT2D eigenvalue weighted by Crippen LogP contribution is 2.33. The van der Waals surface area contributed by atoms with E-state index in [-0.39, 0.29) is 5.82 Å². The van der Waals surface area contributed by atoms with Crippen molar-refractivity contribution in [1.29, 1.82) is 0 Å². The minimum Gasteiger partial charge on any atom is -0.396 e. The summed E-state index contributed by atoms with van der Waals surface area (Å²) in [5.74, 6) is 5.22. The summed E-state index contributed by atoms with van der Waals surface area (Å²) >= 11 is 0. The summed E-state index contributed by atoms with van der Waals surface area (Å²) < 4.78 is 15.0. The number of aromatic nitrogens is 2. The van der Waals surface area contributed by atoms with Gasteiger partial charge in [-0.1, -0.05) is 0 Å². The molecule has 1 atom stereocenters. The van der Waals surface area contributed by atoms with Crippen LogP contribution in [-0.2, 0) is 0 Å². The molecule has 7 N–H and O–H groups in total. The van der Waals surface area contributed by atoms with E-state index in [9.17, 15) is 9.18 Å². The van der Waals surface area contributed by atoms with Gasteiger partial charge in [0.15, 0.2) is 17.8 Å². The van der Waals surface area contributed by atoms with Crippen LogP contribution in [0.5, 0.6) is 0 Å². The number of hydrazine groups is 1. The van der Waals surface area contributed by atoms with Gasteiger partial charge in [-0.2, -0.15) is 0 Å². The first-order valence-electron chi connectivity index (χ1n) is 10.0. The molecule has 1 aliphatic heterocycles. The zero-order chi connectivity index (χ0) is 22.5. The van der Waals surface area contributed by atoms with E-state index in [1.165, 1.54) is 6.07 Å². The third-order valence-electron chi connectivity index (χ3n) is 5.15. The van der Waals surface area contributed by atoms with E-state index in [0.29, 0.717) is 28.6 Å². The number of fused-ring (bicyclic) bond motifs is 1. The van der Waals surface area contributed by atoms with Crippen LogP contribution < -0.4 is 32.5 Å². The van der Waals surface area contributed by atoms with E-state index in [0.717, 1.165) is 43.0 Å². The molecule has 0 aliphatic carbocycles. The number of aldehydes is 1. The van der Waals surface area contributed by atoms with Crippen LogP contribution in [0.2, 0.25) is 0 Å². The van der Waals surface area contributed by atoms with Crippen molar-refractivity contribution in [2.24, 2.45) is 5.84 Å². The van der Waals surface area contributed by atoms with Crippen molar-refractivity contribution in [3.63, 3.8) is 0 Å². The van der Waals surface area contributed by atoms with Crippen molar-refractivity contribution in [2.45, 2.75) is 19.9 Å². The second-order valence-corrected chi connectivity index (χ2v) is 7.47. The minimum absolute atomic E-state index is 0.306. The van der Waals surface area contributed by atoms with Crippen molar-refractivity contribution in [3.8, 4) is 0 Å². The van der Waals surface area contributed by atoms with E-state index in [4.69, 9.17) is 11.6 Å². The predicted molar refractivity (Wildman–Crippen MR) is 123 cm³/mol. The van der Waals surface area contributed by atoms with Crippen molar-refractivity contribution >= 4 is 34.7 Å². The van der Waals surface area contributed by atoms with Gasteiger partial charge in [-0.25, -0.2) is 9.37 Å². The molecular formula is C21H29FN8O. The van der Waals surface area contributed by atoms with Gasteiger partial charge in [0.1, 0.15) is 0 Å². The predicted octanol–water partition coefficient (Wildman–Crippen LogP) is 1.99. The summed E-state index contributed by atoms with van der Waals surface area (Å²) in [6, 6.07) is 5.46. The lowest BCUT2D eigenvalue weighted by atomic mass is 10.1. The number of imidazole rings is 1. The molecular weight excluding hydrogens is 399 g/mol. The van der Waals surface area contributed by atoms with Gasteiger partial charge in [-0.3, -0.25) is 10.6 Å². The molecule has 3 aromatic rings. The first-order valence-corrected chi connectivity index (χ1v) is 10.0. The standard InChI is InChI=1S/C12H19N5O.C9H10FN3/c1-8-6-17(5-4-15-8)10-3-2-9(7-18)11(13)12(10)16-14;1-6-4-13-5-7(11-2)3-8(10)9(13)12-6/h2-3,7-8,15-16H,4-6,13-14H2,1H3;3-5,11H,1-2H3. The van der Waals surface area contributed by atoms with E-state index < -0.39 is 0 Å². The first-order chi connectivity index (χ1) is 14.9. The SMILES string of the molecule is CC1CN(c2ccc(C=O)c(N)c2NN)CCN1.CNc1cc(F)c2nc(C)cn2c1. The smallest absolute Gasteiger partial charge is 0.173 e. The molecule has 10 heteroatoms. The number of rotatable bonds is 4. The Bertz CT molecular complexity index is 1070. The summed E-state index contributed by atoms with van der Waals surface area (Å²) in [6.07, 6.45) is 4.33. The van der Waals surface area contributed by atoms with Crippen LogP contribution in [0.3, 0.4) is 0 Å². The van der Waals surface area contributed by atoms with Crippen LogP contribution >= 0.6 is 0 Å². The number of hydrogen-bond acceptors (Lipinski definition) is 8. The molecule has 166 valence electrons.